The number of methoxy groups -OCH3 is 1. The first-order chi connectivity index (χ1) is 13.7. The van der Waals surface area contributed by atoms with E-state index >= 15 is 0 Å². The zero-order chi connectivity index (χ0) is 19.3. The average molecular weight is 381 g/mol. The Morgan fingerprint density at radius 2 is 2.14 bits per heavy atom. The molecule has 1 aromatic carbocycles. The maximum absolute atomic E-state index is 13.1. The van der Waals surface area contributed by atoms with Crippen molar-refractivity contribution in [2.45, 2.75) is 19.4 Å². The Kier molecular flexibility index (Phi) is 5.76. The number of fused-ring (bicyclic) bond motifs is 1. The van der Waals surface area contributed by atoms with Gasteiger partial charge >= 0.3 is 0 Å². The standard InChI is InChI=1S/C22H27N3O3/c1-27-20-7-2-6-18-13-19(16-28-21(18)20)22(26)25-10-4-9-24(11-12-25)15-17-5-3-8-23-14-17/h2-3,5-8,14,19H,4,9-13,15-16H2,1H3/t19-/m1/s1. The molecule has 2 aromatic rings. The lowest BCUT2D eigenvalue weighted by Gasteiger charge is -2.30. The van der Waals surface area contributed by atoms with Crippen LogP contribution >= 0.6 is 0 Å². The number of para-hydroxylation sites is 1. The first-order valence-electron chi connectivity index (χ1n) is 9.93. The summed E-state index contributed by atoms with van der Waals surface area (Å²) < 4.78 is 11.3. The van der Waals surface area contributed by atoms with Crippen LogP contribution in [0.3, 0.4) is 0 Å². The van der Waals surface area contributed by atoms with Gasteiger partial charge in [-0.2, -0.15) is 0 Å². The smallest absolute Gasteiger partial charge is 0.229 e. The third-order valence-electron chi connectivity index (χ3n) is 5.55. The van der Waals surface area contributed by atoms with Crippen LogP contribution in [0.25, 0.3) is 0 Å². The summed E-state index contributed by atoms with van der Waals surface area (Å²) in [6.07, 6.45) is 5.41. The molecule has 0 aliphatic carbocycles. The molecule has 0 bridgehead atoms. The van der Waals surface area contributed by atoms with Crippen molar-refractivity contribution < 1.29 is 14.3 Å². The number of aromatic nitrogens is 1. The van der Waals surface area contributed by atoms with Crippen LogP contribution in [0.2, 0.25) is 0 Å². The van der Waals surface area contributed by atoms with E-state index < -0.39 is 0 Å². The van der Waals surface area contributed by atoms with Gasteiger partial charge < -0.3 is 14.4 Å². The minimum atomic E-state index is -0.121. The highest BCUT2D eigenvalue weighted by Crippen LogP contribution is 2.36. The van der Waals surface area contributed by atoms with Crippen LogP contribution in [-0.4, -0.2) is 60.6 Å². The lowest BCUT2D eigenvalue weighted by atomic mass is 9.95. The third kappa shape index (κ3) is 4.12. The van der Waals surface area contributed by atoms with E-state index in [4.69, 9.17) is 9.47 Å². The molecule has 6 nitrogen and oxygen atoms in total. The molecule has 1 fully saturated rings. The summed E-state index contributed by atoms with van der Waals surface area (Å²) in [7, 11) is 1.64. The summed E-state index contributed by atoms with van der Waals surface area (Å²) in [6.45, 7) is 4.76. The second kappa shape index (κ2) is 8.61. The number of carbonyl (C=O) groups excluding carboxylic acids is 1. The van der Waals surface area contributed by atoms with Crippen LogP contribution in [0.1, 0.15) is 17.5 Å². The molecule has 1 amide bonds. The minimum absolute atomic E-state index is 0.121. The van der Waals surface area contributed by atoms with Crippen molar-refractivity contribution in [1.82, 2.24) is 14.8 Å². The number of hydrogen-bond acceptors (Lipinski definition) is 5. The molecular formula is C22H27N3O3. The molecule has 3 heterocycles. The van der Waals surface area contributed by atoms with E-state index in [9.17, 15) is 4.79 Å². The number of nitrogens with zero attached hydrogens (tertiary/aromatic N) is 3. The number of carbonyl (C=O) groups is 1. The number of amides is 1. The summed E-state index contributed by atoms with van der Waals surface area (Å²) in [4.78, 5) is 21.7. The van der Waals surface area contributed by atoms with E-state index in [1.54, 1.807) is 13.3 Å². The van der Waals surface area contributed by atoms with Gasteiger partial charge in [-0.3, -0.25) is 14.7 Å². The van der Waals surface area contributed by atoms with Crippen molar-refractivity contribution in [2.75, 3.05) is 39.9 Å². The molecule has 28 heavy (non-hydrogen) atoms. The number of rotatable bonds is 4. The average Bonchev–Trinajstić information content (AvgIpc) is 2.98. The Labute approximate surface area is 166 Å². The van der Waals surface area contributed by atoms with Crippen molar-refractivity contribution in [1.29, 1.82) is 0 Å². The molecule has 0 radical (unpaired) electrons. The van der Waals surface area contributed by atoms with Crippen LogP contribution in [0.4, 0.5) is 0 Å². The molecule has 0 N–H and O–H groups in total. The first-order valence-corrected chi connectivity index (χ1v) is 9.93. The topological polar surface area (TPSA) is 54.9 Å². The van der Waals surface area contributed by atoms with Gasteiger partial charge in [0.2, 0.25) is 5.91 Å². The van der Waals surface area contributed by atoms with Gasteiger partial charge in [0.05, 0.1) is 13.0 Å². The quantitative estimate of drug-likeness (QED) is 0.814. The fourth-order valence-corrected chi connectivity index (χ4v) is 4.07. The third-order valence-corrected chi connectivity index (χ3v) is 5.55. The molecule has 0 unspecified atom stereocenters. The Morgan fingerprint density at radius 3 is 2.96 bits per heavy atom. The van der Waals surface area contributed by atoms with Crippen molar-refractivity contribution >= 4 is 5.91 Å². The second-order valence-electron chi connectivity index (χ2n) is 7.48. The van der Waals surface area contributed by atoms with E-state index in [1.807, 2.05) is 35.4 Å². The van der Waals surface area contributed by atoms with E-state index in [1.165, 1.54) is 5.56 Å². The maximum atomic E-state index is 13.1. The van der Waals surface area contributed by atoms with Crippen molar-refractivity contribution in [3.63, 3.8) is 0 Å². The summed E-state index contributed by atoms with van der Waals surface area (Å²) in [5, 5.41) is 0. The molecule has 1 saturated heterocycles. The molecule has 0 saturated carbocycles. The normalized spacial score (nSPS) is 20.0. The van der Waals surface area contributed by atoms with E-state index in [0.717, 1.165) is 56.2 Å². The van der Waals surface area contributed by atoms with Gasteiger partial charge in [0.25, 0.3) is 0 Å². The summed E-state index contributed by atoms with van der Waals surface area (Å²) >= 11 is 0. The molecule has 6 heteroatoms. The second-order valence-corrected chi connectivity index (χ2v) is 7.48. The predicted molar refractivity (Wildman–Crippen MR) is 106 cm³/mol. The fourth-order valence-electron chi connectivity index (χ4n) is 4.07. The van der Waals surface area contributed by atoms with E-state index in [-0.39, 0.29) is 11.8 Å². The van der Waals surface area contributed by atoms with Crippen molar-refractivity contribution in [3.8, 4) is 11.5 Å². The Morgan fingerprint density at radius 1 is 1.21 bits per heavy atom. The lowest BCUT2D eigenvalue weighted by molar-refractivity contribution is -0.136. The SMILES string of the molecule is COc1cccc2c1OC[C@H](C(=O)N1CCCN(Cc3cccnc3)CC1)C2. The first kappa shape index (κ1) is 18.7. The fraction of sp³-hybridized carbons (Fsp3) is 0.455. The van der Waals surface area contributed by atoms with Crippen LogP contribution in [0, 0.1) is 5.92 Å². The van der Waals surface area contributed by atoms with Crippen molar-refractivity contribution in [3.05, 3.63) is 53.9 Å². The van der Waals surface area contributed by atoms with Crippen LogP contribution < -0.4 is 9.47 Å². The van der Waals surface area contributed by atoms with Crippen LogP contribution in [0.5, 0.6) is 11.5 Å². The number of ether oxygens (including phenoxy) is 2. The van der Waals surface area contributed by atoms with Gasteiger partial charge in [0.15, 0.2) is 11.5 Å². The molecule has 148 valence electrons. The summed E-state index contributed by atoms with van der Waals surface area (Å²) in [6, 6.07) is 9.95. The van der Waals surface area contributed by atoms with Gasteiger partial charge in [-0.15, -0.1) is 0 Å². The molecule has 0 spiro atoms. The minimum Gasteiger partial charge on any atom is -0.493 e. The largest absolute Gasteiger partial charge is 0.493 e. The van der Waals surface area contributed by atoms with Crippen LogP contribution in [0.15, 0.2) is 42.7 Å². The number of hydrogen-bond donors (Lipinski definition) is 0. The highest BCUT2D eigenvalue weighted by atomic mass is 16.5. The number of pyridine rings is 1. The molecule has 1 aromatic heterocycles. The zero-order valence-corrected chi connectivity index (χ0v) is 16.3. The van der Waals surface area contributed by atoms with E-state index in [0.29, 0.717) is 13.0 Å². The van der Waals surface area contributed by atoms with Gasteiger partial charge in [0, 0.05) is 45.1 Å². The van der Waals surface area contributed by atoms with Gasteiger partial charge in [-0.25, -0.2) is 0 Å². The van der Waals surface area contributed by atoms with E-state index in [2.05, 4.69) is 16.0 Å². The summed E-state index contributed by atoms with van der Waals surface area (Å²) in [5.41, 5.74) is 2.27. The molecule has 2 aliphatic rings. The van der Waals surface area contributed by atoms with Gasteiger partial charge in [-0.1, -0.05) is 18.2 Å². The Hall–Kier alpha value is -2.60. The Balaban J connectivity index is 1.36. The monoisotopic (exact) mass is 381 g/mol. The molecule has 4 rings (SSSR count). The van der Waals surface area contributed by atoms with Gasteiger partial charge in [0.1, 0.15) is 6.61 Å². The zero-order valence-electron chi connectivity index (χ0n) is 16.3. The Bertz CT molecular complexity index is 812. The van der Waals surface area contributed by atoms with Gasteiger partial charge in [-0.05, 0) is 36.1 Å². The molecule has 2 aliphatic heterocycles. The highest BCUT2D eigenvalue weighted by molar-refractivity contribution is 5.80. The lowest BCUT2D eigenvalue weighted by Crippen LogP contribution is -2.42. The predicted octanol–water partition coefficient (Wildman–Crippen LogP) is 2.38. The van der Waals surface area contributed by atoms with Crippen molar-refractivity contribution in [2.24, 2.45) is 5.92 Å². The molecular weight excluding hydrogens is 354 g/mol. The highest BCUT2D eigenvalue weighted by Gasteiger charge is 2.31. The van der Waals surface area contributed by atoms with Crippen LogP contribution in [-0.2, 0) is 17.8 Å². The number of benzene rings is 1. The molecule has 1 atom stereocenters. The summed E-state index contributed by atoms with van der Waals surface area (Å²) in [5.74, 6) is 1.61. The maximum Gasteiger partial charge on any atom is 0.229 e.